The minimum Gasteiger partial charge on any atom is -0.377 e. The summed E-state index contributed by atoms with van der Waals surface area (Å²) < 4.78 is 7.07. The van der Waals surface area contributed by atoms with Crippen molar-refractivity contribution < 1.29 is 9.53 Å². The van der Waals surface area contributed by atoms with E-state index in [1.54, 1.807) is 13.3 Å². The second-order valence-electron chi connectivity index (χ2n) is 5.16. The molecule has 0 radical (unpaired) electrons. The van der Waals surface area contributed by atoms with Crippen LogP contribution in [0.5, 0.6) is 0 Å². The van der Waals surface area contributed by atoms with Gasteiger partial charge in [0.25, 0.3) is 5.91 Å². The molecular formula is C13H24N4O2. The van der Waals surface area contributed by atoms with Gasteiger partial charge in [-0.05, 0) is 33.7 Å². The number of aryl methyl sites for hydroxylation is 1. The van der Waals surface area contributed by atoms with Crippen molar-refractivity contribution >= 4 is 5.91 Å². The van der Waals surface area contributed by atoms with Gasteiger partial charge in [-0.25, -0.2) is 0 Å². The normalized spacial score (nSPS) is 11.6. The van der Waals surface area contributed by atoms with Crippen LogP contribution in [0, 0.1) is 6.92 Å². The maximum Gasteiger partial charge on any atom is 0.254 e. The molecule has 0 saturated carbocycles. The van der Waals surface area contributed by atoms with E-state index >= 15 is 0 Å². The highest BCUT2D eigenvalue weighted by Gasteiger charge is 2.20. The third kappa shape index (κ3) is 4.33. The van der Waals surface area contributed by atoms with Gasteiger partial charge in [-0.15, -0.1) is 0 Å². The molecule has 1 rings (SSSR count). The molecule has 3 N–H and O–H groups in total. The first-order valence-corrected chi connectivity index (χ1v) is 6.47. The zero-order valence-corrected chi connectivity index (χ0v) is 12.2. The van der Waals surface area contributed by atoms with Crippen molar-refractivity contribution in [2.45, 2.75) is 39.3 Å². The molecule has 1 amide bonds. The number of nitrogens with zero attached hydrogens (tertiary/aromatic N) is 2. The van der Waals surface area contributed by atoms with Gasteiger partial charge >= 0.3 is 0 Å². The Labute approximate surface area is 114 Å². The second kappa shape index (κ2) is 6.68. The third-order valence-corrected chi connectivity index (χ3v) is 3.15. The standard InChI is InChI=1S/C13H24N4O2/c1-10-11(8-16-17(10)7-5-6-14)12(18)15-9-13(2,3)19-4/h8H,5-7,9,14H2,1-4H3,(H,15,18). The molecule has 0 aliphatic heterocycles. The van der Waals surface area contributed by atoms with Crippen LogP contribution >= 0.6 is 0 Å². The van der Waals surface area contributed by atoms with Gasteiger partial charge < -0.3 is 15.8 Å². The molecule has 0 bridgehead atoms. The average molecular weight is 268 g/mol. The molecule has 1 aromatic rings. The van der Waals surface area contributed by atoms with Crippen LogP contribution in [-0.4, -0.2) is 41.5 Å². The minimum absolute atomic E-state index is 0.123. The van der Waals surface area contributed by atoms with Crippen molar-refractivity contribution in [1.82, 2.24) is 15.1 Å². The highest BCUT2D eigenvalue weighted by molar-refractivity contribution is 5.95. The molecular weight excluding hydrogens is 244 g/mol. The predicted octanol–water partition coefficient (Wildman–Crippen LogP) is 0.695. The first-order chi connectivity index (χ1) is 8.91. The zero-order valence-electron chi connectivity index (χ0n) is 12.2. The third-order valence-electron chi connectivity index (χ3n) is 3.15. The molecule has 19 heavy (non-hydrogen) atoms. The topological polar surface area (TPSA) is 82.2 Å². The Balaban J connectivity index is 2.65. The maximum atomic E-state index is 12.1. The van der Waals surface area contributed by atoms with E-state index in [9.17, 15) is 4.79 Å². The Hall–Kier alpha value is -1.40. The van der Waals surface area contributed by atoms with E-state index in [0.29, 0.717) is 18.7 Å². The van der Waals surface area contributed by atoms with E-state index in [1.165, 1.54) is 0 Å². The van der Waals surface area contributed by atoms with Crippen LogP contribution in [0.25, 0.3) is 0 Å². The molecule has 0 spiro atoms. The fraction of sp³-hybridized carbons (Fsp3) is 0.692. The molecule has 0 unspecified atom stereocenters. The van der Waals surface area contributed by atoms with Gasteiger partial charge in [0.05, 0.1) is 17.4 Å². The molecule has 1 aromatic heterocycles. The monoisotopic (exact) mass is 268 g/mol. The number of nitrogens with two attached hydrogens (primary N) is 1. The van der Waals surface area contributed by atoms with Crippen LogP contribution in [0.2, 0.25) is 0 Å². The molecule has 1 heterocycles. The summed E-state index contributed by atoms with van der Waals surface area (Å²) in [7, 11) is 1.63. The van der Waals surface area contributed by atoms with Crippen molar-refractivity contribution in [2.24, 2.45) is 5.73 Å². The smallest absolute Gasteiger partial charge is 0.254 e. The van der Waals surface area contributed by atoms with Gasteiger partial charge in [0.2, 0.25) is 0 Å². The van der Waals surface area contributed by atoms with Crippen LogP contribution in [-0.2, 0) is 11.3 Å². The summed E-state index contributed by atoms with van der Waals surface area (Å²) >= 11 is 0. The molecule has 6 heteroatoms. The summed E-state index contributed by atoms with van der Waals surface area (Å²) in [4.78, 5) is 12.1. The number of hydrogen-bond donors (Lipinski definition) is 2. The van der Waals surface area contributed by atoms with Gasteiger partial charge in [-0.3, -0.25) is 9.48 Å². The average Bonchev–Trinajstić information content (AvgIpc) is 2.75. The van der Waals surface area contributed by atoms with Crippen molar-refractivity contribution in [3.63, 3.8) is 0 Å². The molecule has 108 valence electrons. The lowest BCUT2D eigenvalue weighted by molar-refractivity contribution is 0.0228. The molecule has 0 fully saturated rings. The van der Waals surface area contributed by atoms with Crippen molar-refractivity contribution in [1.29, 1.82) is 0 Å². The largest absolute Gasteiger partial charge is 0.377 e. The van der Waals surface area contributed by atoms with Gasteiger partial charge in [-0.1, -0.05) is 0 Å². The molecule has 6 nitrogen and oxygen atoms in total. The molecule has 0 atom stereocenters. The number of aromatic nitrogens is 2. The van der Waals surface area contributed by atoms with Gasteiger partial charge in [0, 0.05) is 25.9 Å². The number of methoxy groups -OCH3 is 1. The van der Waals surface area contributed by atoms with Crippen molar-refractivity contribution in [3.05, 3.63) is 17.5 Å². The summed E-state index contributed by atoms with van der Waals surface area (Å²) in [5.74, 6) is -0.123. The highest BCUT2D eigenvalue weighted by Crippen LogP contribution is 2.09. The first-order valence-electron chi connectivity index (χ1n) is 6.47. The lowest BCUT2D eigenvalue weighted by atomic mass is 10.1. The summed E-state index contributed by atoms with van der Waals surface area (Å²) in [6, 6.07) is 0. The lowest BCUT2D eigenvalue weighted by Gasteiger charge is -2.22. The number of ether oxygens (including phenoxy) is 1. The summed E-state index contributed by atoms with van der Waals surface area (Å²) in [6.07, 6.45) is 2.45. The number of hydrogen-bond acceptors (Lipinski definition) is 4. The molecule has 0 saturated heterocycles. The quantitative estimate of drug-likeness (QED) is 0.762. The number of carbonyl (C=O) groups is 1. The lowest BCUT2D eigenvalue weighted by Crippen LogP contribution is -2.39. The van der Waals surface area contributed by atoms with Crippen LogP contribution in [0.3, 0.4) is 0 Å². The Morgan fingerprint density at radius 1 is 1.58 bits per heavy atom. The van der Waals surface area contributed by atoms with Crippen LogP contribution in [0.15, 0.2) is 6.20 Å². The number of carbonyl (C=O) groups excluding carboxylic acids is 1. The fourth-order valence-electron chi connectivity index (χ4n) is 1.60. The number of amides is 1. The summed E-state index contributed by atoms with van der Waals surface area (Å²) in [5, 5.41) is 7.07. The summed E-state index contributed by atoms with van der Waals surface area (Å²) in [5.41, 5.74) is 6.56. The Kier molecular flexibility index (Phi) is 5.50. The number of nitrogens with one attached hydrogen (secondary N) is 1. The minimum atomic E-state index is -0.376. The van der Waals surface area contributed by atoms with Gasteiger partial charge in [0.15, 0.2) is 0 Å². The van der Waals surface area contributed by atoms with E-state index < -0.39 is 0 Å². The summed E-state index contributed by atoms with van der Waals surface area (Å²) in [6.45, 7) is 7.54. The molecule has 0 aliphatic rings. The Morgan fingerprint density at radius 3 is 2.84 bits per heavy atom. The van der Waals surface area contributed by atoms with Crippen LogP contribution < -0.4 is 11.1 Å². The van der Waals surface area contributed by atoms with Gasteiger partial charge in [-0.2, -0.15) is 5.10 Å². The van der Waals surface area contributed by atoms with E-state index in [2.05, 4.69) is 10.4 Å². The van der Waals surface area contributed by atoms with E-state index in [4.69, 9.17) is 10.5 Å². The van der Waals surface area contributed by atoms with Crippen molar-refractivity contribution in [3.8, 4) is 0 Å². The van der Waals surface area contributed by atoms with E-state index in [1.807, 2.05) is 25.5 Å². The molecule has 0 aliphatic carbocycles. The molecule has 0 aromatic carbocycles. The first kappa shape index (κ1) is 15.7. The number of rotatable bonds is 7. The van der Waals surface area contributed by atoms with Crippen molar-refractivity contribution in [2.75, 3.05) is 20.2 Å². The maximum absolute atomic E-state index is 12.1. The highest BCUT2D eigenvalue weighted by atomic mass is 16.5. The van der Waals surface area contributed by atoms with E-state index in [-0.39, 0.29) is 11.5 Å². The Bertz CT molecular complexity index is 426. The Morgan fingerprint density at radius 2 is 2.26 bits per heavy atom. The van der Waals surface area contributed by atoms with Gasteiger partial charge in [0.1, 0.15) is 0 Å². The van der Waals surface area contributed by atoms with Crippen LogP contribution in [0.4, 0.5) is 0 Å². The fourth-order valence-corrected chi connectivity index (χ4v) is 1.60. The zero-order chi connectivity index (χ0) is 14.5. The van der Waals surface area contributed by atoms with Crippen LogP contribution in [0.1, 0.15) is 36.3 Å². The van der Waals surface area contributed by atoms with E-state index in [0.717, 1.165) is 18.7 Å². The predicted molar refractivity (Wildman–Crippen MR) is 74.1 cm³/mol. The SMILES string of the molecule is COC(C)(C)CNC(=O)c1cnn(CCCN)c1C. The second-order valence-corrected chi connectivity index (χ2v) is 5.16.